The molecule has 21 heavy (non-hydrogen) atoms. The molecule has 1 aromatic carbocycles. The molecule has 1 N–H and O–H groups in total. The van der Waals surface area contributed by atoms with Crippen molar-refractivity contribution in [3.8, 4) is 0 Å². The van der Waals surface area contributed by atoms with Crippen LogP contribution in [0.15, 0.2) is 24.4 Å². The highest BCUT2D eigenvalue weighted by Crippen LogP contribution is 2.19. The molecule has 0 atom stereocenters. The van der Waals surface area contributed by atoms with Gasteiger partial charge in [0.15, 0.2) is 17.3 Å². The molecule has 0 bridgehead atoms. The third kappa shape index (κ3) is 2.69. The molecule has 0 unspecified atom stereocenters. The summed E-state index contributed by atoms with van der Waals surface area (Å²) < 4.78 is 28.4. The number of nitrogens with one attached hydrogen (secondary N) is 1. The SMILES string of the molecule is O=C(c1cn(C2CCNCC2)nn1)c1cccc(F)c1F. The number of aromatic nitrogens is 3. The van der Waals surface area contributed by atoms with E-state index in [-0.39, 0.29) is 17.3 Å². The number of hydrogen-bond acceptors (Lipinski definition) is 4. The Morgan fingerprint density at radius 1 is 1.29 bits per heavy atom. The van der Waals surface area contributed by atoms with Crippen LogP contribution >= 0.6 is 0 Å². The Bertz CT molecular complexity index is 665. The van der Waals surface area contributed by atoms with Gasteiger partial charge in [0.2, 0.25) is 5.78 Å². The number of carbonyl (C=O) groups is 1. The highest BCUT2D eigenvalue weighted by molar-refractivity contribution is 6.07. The van der Waals surface area contributed by atoms with E-state index in [0.717, 1.165) is 32.0 Å². The maximum Gasteiger partial charge on any atom is 0.217 e. The van der Waals surface area contributed by atoms with Gasteiger partial charge in [0, 0.05) is 0 Å². The third-order valence-electron chi connectivity index (χ3n) is 3.62. The molecule has 7 heteroatoms. The minimum atomic E-state index is -1.15. The second-order valence-electron chi connectivity index (χ2n) is 5.00. The third-order valence-corrected chi connectivity index (χ3v) is 3.62. The van der Waals surface area contributed by atoms with Crippen molar-refractivity contribution in [2.45, 2.75) is 18.9 Å². The molecule has 0 amide bonds. The highest BCUT2D eigenvalue weighted by Gasteiger charge is 2.22. The first-order valence-corrected chi connectivity index (χ1v) is 6.78. The number of halogens is 2. The molecule has 5 nitrogen and oxygen atoms in total. The molecule has 2 aromatic rings. The second-order valence-corrected chi connectivity index (χ2v) is 5.00. The lowest BCUT2D eigenvalue weighted by Gasteiger charge is -2.22. The van der Waals surface area contributed by atoms with E-state index in [9.17, 15) is 13.6 Å². The average molecular weight is 292 g/mol. The number of hydrogen-bond donors (Lipinski definition) is 1. The van der Waals surface area contributed by atoms with Crippen LogP contribution in [0, 0.1) is 11.6 Å². The molecule has 3 rings (SSSR count). The lowest BCUT2D eigenvalue weighted by molar-refractivity contribution is 0.102. The summed E-state index contributed by atoms with van der Waals surface area (Å²) in [5, 5.41) is 11.0. The van der Waals surface area contributed by atoms with E-state index in [0.29, 0.717) is 0 Å². The van der Waals surface area contributed by atoms with Crippen LogP contribution in [0.4, 0.5) is 8.78 Å². The molecule has 1 aliphatic heterocycles. The molecule has 0 radical (unpaired) electrons. The molecule has 0 spiro atoms. The summed E-state index contributed by atoms with van der Waals surface area (Å²) in [5.41, 5.74) is -0.301. The van der Waals surface area contributed by atoms with Crippen molar-refractivity contribution >= 4 is 5.78 Å². The molecule has 1 aliphatic rings. The van der Waals surface area contributed by atoms with E-state index in [2.05, 4.69) is 15.6 Å². The van der Waals surface area contributed by atoms with Gasteiger partial charge in [-0.1, -0.05) is 11.3 Å². The molecule has 2 heterocycles. The van der Waals surface area contributed by atoms with Gasteiger partial charge in [0.05, 0.1) is 17.8 Å². The molecule has 0 aliphatic carbocycles. The van der Waals surface area contributed by atoms with E-state index < -0.39 is 17.4 Å². The average Bonchev–Trinajstić information content (AvgIpc) is 3.00. The minimum absolute atomic E-state index is 0.0260. The fourth-order valence-electron chi connectivity index (χ4n) is 2.45. The lowest BCUT2D eigenvalue weighted by Crippen LogP contribution is -2.29. The zero-order valence-corrected chi connectivity index (χ0v) is 11.2. The Morgan fingerprint density at radius 3 is 2.81 bits per heavy atom. The van der Waals surface area contributed by atoms with Crippen molar-refractivity contribution in [3.63, 3.8) is 0 Å². The first kappa shape index (κ1) is 13.8. The van der Waals surface area contributed by atoms with Crippen LogP contribution in [0.25, 0.3) is 0 Å². The first-order valence-electron chi connectivity index (χ1n) is 6.78. The van der Waals surface area contributed by atoms with Crippen molar-refractivity contribution in [3.05, 3.63) is 47.3 Å². The molecule has 1 fully saturated rings. The van der Waals surface area contributed by atoms with Crippen LogP contribution in [0.3, 0.4) is 0 Å². The fourth-order valence-corrected chi connectivity index (χ4v) is 2.45. The van der Waals surface area contributed by atoms with Crippen molar-refractivity contribution in [2.75, 3.05) is 13.1 Å². The predicted octanol–water partition coefficient (Wildman–Crippen LogP) is 1.71. The predicted molar refractivity (Wildman–Crippen MR) is 71.0 cm³/mol. The maximum absolute atomic E-state index is 13.6. The Balaban J connectivity index is 1.85. The van der Waals surface area contributed by atoms with Crippen LogP contribution in [0.1, 0.15) is 34.9 Å². The van der Waals surface area contributed by atoms with Crippen molar-refractivity contribution < 1.29 is 13.6 Å². The van der Waals surface area contributed by atoms with Crippen molar-refractivity contribution in [1.82, 2.24) is 20.3 Å². The lowest BCUT2D eigenvalue weighted by atomic mass is 10.1. The van der Waals surface area contributed by atoms with Gasteiger partial charge in [0.1, 0.15) is 0 Å². The number of ketones is 1. The Morgan fingerprint density at radius 2 is 2.05 bits per heavy atom. The smallest absolute Gasteiger partial charge is 0.217 e. The largest absolute Gasteiger partial charge is 0.317 e. The fraction of sp³-hybridized carbons (Fsp3) is 0.357. The van der Waals surface area contributed by atoms with E-state index in [1.165, 1.54) is 18.3 Å². The zero-order valence-electron chi connectivity index (χ0n) is 11.2. The maximum atomic E-state index is 13.6. The summed E-state index contributed by atoms with van der Waals surface area (Å²) >= 11 is 0. The van der Waals surface area contributed by atoms with Crippen LogP contribution in [-0.4, -0.2) is 33.9 Å². The summed E-state index contributed by atoms with van der Waals surface area (Å²) in [4.78, 5) is 12.2. The molecule has 0 saturated carbocycles. The Hall–Kier alpha value is -2.15. The quantitative estimate of drug-likeness (QED) is 0.875. The second kappa shape index (κ2) is 5.69. The Labute approximate surface area is 120 Å². The summed E-state index contributed by atoms with van der Waals surface area (Å²) in [6.45, 7) is 1.76. The van der Waals surface area contributed by atoms with E-state index >= 15 is 0 Å². The standard InChI is InChI=1S/C14H14F2N4O/c15-11-3-1-2-10(13(11)16)14(21)12-8-20(19-18-12)9-4-6-17-7-5-9/h1-3,8-9,17H,4-7H2. The number of nitrogens with zero attached hydrogens (tertiary/aromatic N) is 3. The highest BCUT2D eigenvalue weighted by atomic mass is 19.2. The van der Waals surface area contributed by atoms with E-state index in [4.69, 9.17) is 0 Å². The van der Waals surface area contributed by atoms with Gasteiger partial charge < -0.3 is 5.32 Å². The normalized spacial score (nSPS) is 16.1. The minimum Gasteiger partial charge on any atom is -0.317 e. The number of carbonyl (C=O) groups excluding carboxylic acids is 1. The number of piperidine rings is 1. The molecule has 110 valence electrons. The van der Waals surface area contributed by atoms with Gasteiger partial charge >= 0.3 is 0 Å². The van der Waals surface area contributed by atoms with Crippen LogP contribution < -0.4 is 5.32 Å². The summed E-state index contributed by atoms with van der Waals surface area (Å²) in [7, 11) is 0. The number of benzene rings is 1. The van der Waals surface area contributed by atoms with Crippen molar-refractivity contribution in [1.29, 1.82) is 0 Å². The van der Waals surface area contributed by atoms with Gasteiger partial charge in [-0.15, -0.1) is 5.10 Å². The number of rotatable bonds is 3. The molecule has 1 aromatic heterocycles. The topological polar surface area (TPSA) is 59.8 Å². The van der Waals surface area contributed by atoms with Gasteiger partial charge in [-0.3, -0.25) is 4.79 Å². The van der Waals surface area contributed by atoms with Gasteiger partial charge in [0.25, 0.3) is 0 Å². The van der Waals surface area contributed by atoms with Crippen molar-refractivity contribution in [2.24, 2.45) is 0 Å². The van der Waals surface area contributed by atoms with Crippen LogP contribution in [0.5, 0.6) is 0 Å². The zero-order chi connectivity index (χ0) is 14.8. The molecule has 1 saturated heterocycles. The van der Waals surface area contributed by atoms with Gasteiger partial charge in [-0.2, -0.15) is 0 Å². The van der Waals surface area contributed by atoms with Crippen LogP contribution in [-0.2, 0) is 0 Å². The van der Waals surface area contributed by atoms with Crippen LogP contribution in [0.2, 0.25) is 0 Å². The first-order chi connectivity index (χ1) is 10.2. The molecular formula is C14H14F2N4O. The molecular weight excluding hydrogens is 278 g/mol. The summed E-state index contributed by atoms with van der Waals surface area (Å²) in [6, 6.07) is 3.68. The van der Waals surface area contributed by atoms with E-state index in [1.807, 2.05) is 0 Å². The Kier molecular flexibility index (Phi) is 3.74. The summed E-state index contributed by atoms with van der Waals surface area (Å²) in [6.07, 6.45) is 3.29. The summed E-state index contributed by atoms with van der Waals surface area (Å²) in [5.74, 6) is -2.86. The van der Waals surface area contributed by atoms with Gasteiger partial charge in [-0.25, -0.2) is 13.5 Å². The van der Waals surface area contributed by atoms with E-state index in [1.54, 1.807) is 4.68 Å². The monoisotopic (exact) mass is 292 g/mol. The van der Waals surface area contributed by atoms with Gasteiger partial charge in [-0.05, 0) is 38.1 Å².